The molecule has 0 fully saturated rings. The second kappa shape index (κ2) is 5.54. The van der Waals surface area contributed by atoms with Gasteiger partial charge in [0.15, 0.2) is 0 Å². The van der Waals surface area contributed by atoms with Crippen molar-refractivity contribution in [2.24, 2.45) is 5.73 Å². The molecule has 0 aliphatic rings. The lowest BCUT2D eigenvalue weighted by atomic mass is 9.99. The highest BCUT2D eigenvalue weighted by Gasteiger charge is 2.13. The maximum atomic E-state index is 11.2. The van der Waals surface area contributed by atoms with E-state index < -0.39 is 5.97 Å². The SMILES string of the molecule is COC(=O)Cc1c(C#N)cc(S)cc1CN. The van der Waals surface area contributed by atoms with Crippen molar-refractivity contribution < 1.29 is 9.53 Å². The van der Waals surface area contributed by atoms with Gasteiger partial charge < -0.3 is 10.5 Å². The zero-order chi connectivity index (χ0) is 12.1. The summed E-state index contributed by atoms with van der Waals surface area (Å²) < 4.78 is 4.58. The van der Waals surface area contributed by atoms with E-state index in [4.69, 9.17) is 11.0 Å². The van der Waals surface area contributed by atoms with Crippen LogP contribution in [0.5, 0.6) is 0 Å². The van der Waals surface area contributed by atoms with E-state index in [9.17, 15) is 4.79 Å². The van der Waals surface area contributed by atoms with Gasteiger partial charge in [0.1, 0.15) is 0 Å². The standard InChI is InChI=1S/C11H12N2O2S/c1-15-11(14)4-10-7(5-12)2-9(16)3-8(10)6-13/h2-3,16H,4-5,12H2,1H3. The third-order valence-electron chi connectivity index (χ3n) is 2.22. The first-order chi connectivity index (χ1) is 7.62. The van der Waals surface area contributed by atoms with Gasteiger partial charge in [0, 0.05) is 11.4 Å². The third kappa shape index (κ3) is 2.75. The zero-order valence-electron chi connectivity index (χ0n) is 8.86. The van der Waals surface area contributed by atoms with E-state index in [0.29, 0.717) is 16.0 Å². The maximum absolute atomic E-state index is 11.2. The van der Waals surface area contributed by atoms with Gasteiger partial charge in [0.2, 0.25) is 0 Å². The number of nitriles is 1. The van der Waals surface area contributed by atoms with Crippen LogP contribution in [0.3, 0.4) is 0 Å². The van der Waals surface area contributed by atoms with E-state index in [1.807, 2.05) is 6.07 Å². The van der Waals surface area contributed by atoms with Crippen molar-refractivity contribution in [2.75, 3.05) is 7.11 Å². The number of rotatable bonds is 3. The van der Waals surface area contributed by atoms with Crippen LogP contribution in [-0.2, 0) is 22.5 Å². The van der Waals surface area contributed by atoms with Crippen molar-refractivity contribution in [2.45, 2.75) is 17.9 Å². The number of thiol groups is 1. The van der Waals surface area contributed by atoms with Crippen LogP contribution in [0.15, 0.2) is 17.0 Å². The number of ether oxygens (including phenoxy) is 1. The predicted molar refractivity (Wildman–Crippen MR) is 62.0 cm³/mol. The van der Waals surface area contributed by atoms with E-state index in [0.717, 1.165) is 5.56 Å². The average Bonchev–Trinajstić information content (AvgIpc) is 2.30. The summed E-state index contributed by atoms with van der Waals surface area (Å²) in [5, 5.41) is 8.97. The average molecular weight is 236 g/mol. The van der Waals surface area contributed by atoms with Crippen LogP contribution in [0, 0.1) is 11.3 Å². The number of hydrogen-bond donors (Lipinski definition) is 2. The van der Waals surface area contributed by atoms with Crippen molar-refractivity contribution in [1.29, 1.82) is 5.26 Å². The Bertz CT molecular complexity index is 452. The summed E-state index contributed by atoms with van der Waals surface area (Å²) in [5.74, 6) is -0.391. The van der Waals surface area contributed by atoms with Crippen LogP contribution in [0.25, 0.3) is 0 Å². The molecule has 16 heavy (non-hydrogen) atoms. The van der Waals surface area contributed by atoms with Gasteiger partial charge in [-0.25, -0.2) is 0 Å². The Kier molecular flexibility index (Phi) is 4.35. The van der Waals surface area contributed by atoms with Gasteiger partial charge in [0.05, 0.1) is 25.2 Å². The molecule has 0 saturated carbocycles. The molecule has 0 atom stereocenters. The van der Waals surface area contributed by atoms with E-state index in [1.54, 1.807) is 12.1 Å². The fraction of sp³-hybridized carbons (Fsp3) is 0.273. The first-order valence-corrected chi connectivity index (χ1v) is 5.08. The number of nitrogens with two attached hydrogens (primary N) is 1. The molecule has 0 saturated heterocycles. The lowest BCUT2D eigenvalue weighted by molar-refractivity contribution is -0.139. The summed E-state index contributed by atoms with van der Waals surface area (Å²) in [6.45, 7) is 0.259. The first-order valence-electron chi connectivity index (χ1n) is 4.64. The van der Waals surface area contributed by atoms with Crippen LogP contribution in [-0.4, -0.2) is 13.1 Å². The number of carbonyl (C=O) groups excluding carboxylic acids is 1. The van der Waals surface area contributed by atoms with E-state index >= 15 is 0 Å². The minimum atomic E-state index is -0.391. The third-order valence-corrected chi connectivity index (χ3v) is 2.47. The summed E-state index contributed by atoms with van der Waals surface area (Å²) in [4.78, 5) is 11.9. The number of nitrogens with zero attached hydrogens (tertiary/aromatic N) is 1. The second-order valence-electron chi connectivity index (χ2n) is 3.20. The van der Waals surface area contributed by atoms with Gasteiger partial charge >= 0.3 is 5.97 Å². The van der Waals surface area contributed by atoms with Gasteiger partial charge in [-0.05, 0) is 23.3 Å². The molecule has 84 valence electrons. The summed E-state index contributed by atoms with van der Waals surface area (Å²) >= 11 is 4.17. The van der Waals surface area contributed by atoms with Crippen LogP contribution >= 0.6 is 12.6 Å². The fourth-order valence-electron chi connectivity index (χ4n) is 1.42. The van der Waals surface area contributed by atoms with Crippen LogP contribution in [0.4, 0.5) is 0 Å². The van der Waals surface area contributed by atoms with Crippen molar-refractivity contribution in [3.8, 4) is 6.07 Å². The molecule has 0 aromatic heterocycles. The molecule has 0 spiro atoms. The quantitative estimate of drug-likeness (QED) is 0.607. The van der Waals surface area contributed by atoms with Crippen molar-refractivity contribution in [3.05, 3.63) is 28.8 Å². The van der Waals surface area contributed by atoms with Gasteiger partial charge in [-0.1, -0.05) is 0 Å². The highest BCUT2D eigenvalue weighted by atomic mass is 32.1. The fourth-order valence-corrected chi connectivity index (χ4v) is 1.71. The van der Waals surface area contributed by atoms with Crippen LogP contribution in [0.1, 0.15) is 16.7 Å². The van der Waals surface area contributed by atoms with Crippen LogP contribution < -0.4 is 5.73 Å². The molecular formula is C11H12N2O2S. The largest absolute Gasteiger partial charge is 0.469 e. The predicted octanol–water partition coefficient (Wildman–Crippen LogP) is 1.02. The monoisotopic (exact) mass is 236 g/mol. The summed E-state index contributed by atoms with van der Waals surface area (Å²) in [5.41, 5.74) is 7.34. The van der Waals surface area contributed by atoms with E-state index in [1.165, 1.54) is 7.11 Å². The topological polar surface area (TPSA) is 76.1 Å². The molecule has 0 aliphatic carbocycles. The molecule has 0 bridgehead atoms. The molecule has 1 rings (SSSR count). The summed E-state index contributed by atoms with van der Waals surface area (Å²) in [6, 6.07) is 5.39. The summed E-state index contributed by atoms with van der Waals surface area (Å²) in [7, 11) is 1.31. The molecule has 4 nitrogen and oxygen atoms in total. The molecule has 0 radical (unpaired) electrons. The molecule has 1 aromatic carbocycles. The number of methoxy groups -OCH3 is 1. The first kappa shape index (κ1) is 12.6. The van der Waals surface area contributed by atoms with Gasteiger partial charge in [-0.3, -0.25) is 4.79 Å². The number of benzene rings is 1. The van der Waals surface area contributed by atoms with Crippen molar-refractivity contribution >= 4 is 18.6 Å². The molecule has 0 amide bonds. The smallest absolute Gasteiger partial charge is 0.310 e. The van der Waals surface area contributed by atoms with Crippen molar-refractivity contribution in [3.63, 3.8) is 0 Å². The highest BCUT2D eigenvalue weighted by molar-refractivity contribution is 7.80. The Morgan fingerprint density at radius 2 is 2.31 bits per heavy atom. The second-order valence-corrected chi connectivity index (χ2v) is 3.72. The Balaban J connectivity index is 3.23. The molecular weight excluding hydrogens is 224 g/mol. The van der Waals surface area contributed by atoms with Gasteiger partial charge in [-0.15, -0.1) is 12.6 Å². The lowest BCUT2D eigenvalue weighted by Gasteiger charge is -2.09. The molecule has 1 aromatic rings. The lowest BCUT2D eigenvalue weighted by Crippen LogP contribution is -2.11. The number of hydrogen-bond acceptors (Lipinski definition) is 5. The molecule has 0 heterocycles. The zero-order valence-corrected chi connectivity index (χ0v) is 9.75. The minimum Gasteiger partial charge on any atom is -0.469 e. The molecule has 2 N–H and O–H groups in total. The van der Waals surface area contributed by atoms with Gasteiger partial charge in [-0.2, -0.15) is 5.26 Å². The van der Waals surface area contributed by atoms with Gasteiger partial charge in [0.25, 0.3) is 0 Å². The minimum absolute atomic E-state index is 0.0555. The van der Waals surface area contributed by atoms with Crippen molar-refractivity contribution in [1.82, 2.24) is 0 Å². The number of esters is 1. The molecule has 5 heteroatoms. The Hall–Kier alpha value is -1.51. The highest BCUT2D eigenvalue weighted by Crippen LogP contribution is 2.20. The number of carbonyl (C=O) groups is 1. The van der Waals surface area contributed by atoms with E-state index in [2.05, 4.69) is 17.4 Å². The maximum Gasteiger partial charge on any atom is 0.310 e. The summed E-state index contributed by atoms with van der Waals surface area (Å²) in [6.07, 6.45) is 0.0555. The molecule has 0 unspecified atom stereocenters. The Labute approximate surface area is 99.4 Å². The Morgan fingerprint density at radius 1 is 1.62 bits per heavy atom. The van der Waals surface area contributed by atoms with Crippen LogP contribution in [0.2, 0.25) is 0 Å². The normalized spacial score (nSPS) is 9.62. The molecule has 0 aliphatic heterocycles. The van der Waals surface area contributed by atoms with E-state index in [-0.39, 0.29) is 13.0 Å². The Morgan fingerprint density at radius 3 is 2.81 bits per heavy atom.